The monoisotopic (exact) mass is 411 g/mol. The summed E-state index contributed by atoms with van der Waals surface area (Å²) in [6.07, 6.45) is -0.451. The van der Waals surface area contributed by atoms with E-state index in [1.165, 1.54) is 51.0 Å². The summed E-state index contributed by atoms with van der Waals surface area (Å²) in [4.78, 5) is 7.16. The lowest BCUT2D eigenvalue weighted by Crippen LogP contribution is -2.47. The molecule has 0 aromatic heterocycles. The first kappa shape index (κ1) is 22.4. The van der Waals surface area contributed by atoms with E-state index in [9.17, 15) is 13.2 Å². The molecule has 0 spiro atoms. The van der Waals surface area contributed by atoms with Crippen molar-refractivity contribution in [1.29, 1.82) is 0 Å². The van der Waals surface area contributed by atoms with E-state index in [1.807, 2.05) is 0 Å². The Labute approximate surface area is 173 Å². The first-order valence-corrected chi connectivity index (χ1v) is 11.0. The molecule has 0 atom stereocenters. The van der Waals surface area contributed by atoms with Crippen LogP contribution in [-0.4, -0.2) is 62.2 Å². The Morgan fingerprint density at radius 3 is 2.14 bits per heavy atom. The van der Waals surface area contributed by atoms with Crippen molar-refractivity contribution < 1.29 is 13.2 Å². The number of hydrogen-bond donors (Lipinski definition) is 0. The molecule has 1 aromatic rings. The molecule has 0 N–H and O–H groups in total. The normalized spacial score (nSPS) is 21.0. The molecule has 2 aliphatic rings. The number of benzene rings is 1. The number of rotatable bonds is 5. The lowest BCUT2D eigenvalue weighted by Gasteiger charge is -2.38. The van der Waals surface area contributed by atoms with Gasteiger partial charge in [0.15, 0.2) is 0 Å². The minimum Gasteiger partial charge on any atom is -0.369 e. The Bertz CT molecular complexity index is 638. The van der Waals surface area contributed by atoms with Gasteiger partial charge in [-0.3, -0.25) is 4.90 Å². The predicted molar refractivity (Wildman–Crippen MR) is 113 cm³/mol. The van der Waals surface area contributed by atoms with Gasteiger partial charge in [0, 0.05) is 38.4 Å². The van der Waals surface area contributed by atoms with Crippen LogP contribution in [0, 0.1) is 11.3 Å². The van der Waals surface area contributed by atoms with Crippen molar-refractivity contribution in [3.05, 3.63) is 29.8 Å². The molecule has 2 aliphatic heterocycles. The van der Waals surface area contributed by atoms with E-state index in [4.69, 9.17) is 0 Å². The average Bonchev–Trinajstić information content (AvgIpc) is 2.66. The summed E-state index contributed by atoms with van der Waals surface area (Å²) < 4.78 is 38.8. The van der Waals surface area contributed by atoms with Crippen LogP contribution in [0.2, 0.25) is 0 Å². The summed E-state index contributed by atoms with van der Waals surface area (Å²) in [5, 5.41) is 0. The number of likely N-dealkylation sites (tertiary alicyclic amines) is 1. The zero-order valence-corrected chi connectivity index (χ0v) is 18.1. The van der Waals surface area contributed by atoms with Gasteiger partial charge in [0.05, 0.1) is 5.56 Å². The van der Waals surface area contributed by atoms with Crippen LogP contribution in [0.1, 0.15) is 45.6 Å². The number of anilines is 1. The van der Waals surface area contributed by atoms with Gasteiger partial charge in [-0.25, -0.2) is 0 Å². The second kappa shape index (κ2) is 9.25. The maximum atomic E-state index is 12.9. The summed E-state index contributed by atoms with van der Waals surface area (Å²) in [6.45, 7) is 15.1. The van der Waals surface area contributed by atoms with Crippen LogP contribution in [0.3, 0.4) is 0 Å². The number of nitrogens with zero attached hydrogens (tertiary/aromatic N) is 3. The van der Waals surface area contributed by atoms with Crippen molar-refractivity contribution in [2.24, 2.45) is 11.3 Å². The van der Waals surface area contributed by atoms with Gasteiger partial charge in [0.1, 0.15) is 0 Å². The Morgan fingerprint density at radius 2 is 1.55 bits per heavy atom. The largest absolute Gasteiger partial charge is 0.416 e. The van der Waals surface area contributed by atoms with E-state index in [1.54, 1.807) is 6.07 Å². The van der Waals surface area contributed by atoms with Gasteiger partial charge < -0.3 is 9.80 Å². The highest BCUT2D eigenvalue weighted by Gasteiger charge is 2.31. The van der Waals surface area contributed by atoms with Gasteiger partial charge in [0.2, 0.25) is 0 Å². The van der Waals surface area contributed by atoms with Crippen LogP contribution >= 0.6 is 0 Å². The number of piperazine rings is 1. The Kier molecular flexibility index (Phi) is 7.15. The van der Waals surface area contributed by atoms with Crippen molar-refractivity contribution in [1.82, 2.24) is 9.80 Å². The molecule has 29 heavy (non-hydrogen) atoms. The van der Waals surface area contributed by atoms with E-state index in [0.717, 1.165) is 44.7 Å². The third kappa shape index (κ3) is 6.88. The average molecular weight is 412 g/mol. The number of piperidine rings is 1. The highest BCUT2D eigenvalue weighted by atomic mass is 19.4. The molecule has 164 valence electrons. The molecule has 0 bridgehead atoms. The fraction of sp³-hybridized carbons (Fsp3) is 0.739. The standard InChI is InChI=1S/C23H36F3N3/c1-22(2,3)18-28-11-8-19(9-12-28)7-10-27-13-15-29(16-14-27)21-6-4-5-20(17-21)23(24,25)26/h4-6,17,19H,7-16,18H2,1-3H3. The van der Waals surface area contributed by atoms with Crippen molar-refractivity contribution in [3.63, 3.8) is 0 Å². The second-order valence-corrected chi connectivity index (χ2v) is 9.95. The molecule has 3 rings (SSSR count). The van der Waals surface area contributed by atoms with E-state index < -0.39 is 11.7 Å². The highest BCUT2D eigenvalue weighted by Crippen LogP contribution is 2.32. The smallest absolute Gasteiger partial charge is 0.369 e. The summed E-state index contributed by atoms with van der Waals surface area (Å²) in [7, 11) is 0. The van der Waals surface area contributed by atoms with E-state index in [2.05, 4.69) is 35.5 Å². The fourth-order valence-corrected chi connectivity index (χ4v) is 4.58. The Morgan fingerprint density at radius 1 is 0.897 bits per heavy atom. The molecule has 2 saturated heterocycles. The van der Waals surface area contributed by atoms with Crippen LogP contribution in [0.5, 0.6) is 0 Å². The van der Waals surface area contributed by atoms with E-state index in [-0.39, 0.29) is 0 Å². The zero-order chi connectivity index (χ0) is 21.1. The second-order valence-electron chi connectivity index (χ2n) is 9.95. The first-order valence-electron chi connectivity index (χ1n) is 11.0. The quantitative estimate of drug-likeness (QED) is 0.677. The van der Waals surface area contributed by atoms with Crippen LogP contribution < -0.4 is 4.90 Å². The maximum Gasteiger partial charge on any atom is 0.416 e. The van der Waals surface area contributed by atoms with Crippen molar-refractivity contribution in [2.75, 3.05) is 57.3 Å². The highest BCUT2D eigenvalue weighted by molar-refractivity contribution is 5.49. The van der Waals surface area contributed by atoms with Gasteiger partial charge >= 0.3 is 6.18 Å². The van der Waals surface area contributed by atoms with Crippen molar-refractivity contribution >= 4 is 5.69 Å². The minimum atomic E-state index is -4.28. The summed E-state index contributed by atoms with van der Waals surface area (Å²) in [5.74, 6) is 0.813. The number of hydrogen-bond acceptors (Lipinski definition) is 3. The molecular formula is C23H36F3N3. The molecule has 1 aromatic carbocycles. The van der Waals surface area contributed by atoms with Crippen LogP contribution in [0.25, 0.3) is 0 Å². The number of alkyl halides is 3. The zero-order valence-electron chi connectivity index (χ0n) is 18.1. The van der Waals surface area contributed by atoms with Crippen molar-refractivity contribution in [3.8, 4) is 0 Å². The SMILES string of the molecule is CC(C)(C)CN1CCC(CCN2CCN(c3cccc(C(F)(F)F)c3)CC2)CC1. The molecule has 3 nitrogen and oxygen atoms in total. The predicted octanol–water partition coefficient (Wildman–Crippen LogP) is 4.98. The van der Waals surface area contributed by atoms with E-state index >= 15 is 0 Å². The molecule has 0 saturated carbocycles. The molecule has 0 radical (unpaired) electrons. The van der Waals surface area contributed by atoms with Gasteiger partial charge in [-0.05, 0) is 68.4 Å². The third-order valence-corrected chi connectivity index (χ3v) is 6.17. The molecule has 2 fully saturated rings. The van der Waals surface area contributed by atoms with Gasteiger partial charge in [0.25, 0.3) is 0 Å². The van der Waals surface area contributed by atoms with Crippen LogP contribution in [0.15, 0.2) is 24.3 Å². The molecule has 0 aliphatic carbocycles. The van der Waals surface area contributed by atoms with E-state index in [0.29, 0.717) is 11.1 Å². The Hall–Kier alpha value is -1.27. The summed E-state index contributed by atoms with van der Waals surface area (Å²) in [5.41, 5.74) is 0.493. The Balaban J connectivity index is 1.39. The molecule has 6 heteroatoms. The fourth-order valence-electron chi connectivity index (χ4n) is 4.58. The maximum absolute atomic E-state index is 12.9. The van der Waals surface area contributed by atoms with Gasteiger partial charge in [-0.1, -0.05) is 26.8 Å². The minimum absolute atomic E-state index is 0.367. The molecule has 0 unspecified atom stereocenters. The molecular weight excluding hydrogens is 375 g/mol. The van der Waals surface area contributed by atoms with Crippen LogP contribution in [-0.2, 0) is 6.18 Å². The van der Waals surface area contributed by atoms with Crippen molar-refractivity contribution in [2.45, 2.75) is 46.2 Å². The lowest BCUT2D eigenvalue weighted by atomic mass is 9.90. The number of halogens is 3. The van der Waals surface area contributed by atoms with Crippen LogP contribution in [0.4, 0.5) is 18.9 Å². The summed E-state index contributed by atoms with van der Waals surface area (Å²) >= 11 is 0. The first-order chi connectivity index (χ1) is 13.6. The third-order valence-electron chi connectivity index (χ3n) is 6.17. The molecule has 0 amide bonds. The topological polar surface area (TPSA) is 9.72 Å². The molecule has 2 heterocycles. The van der Waals surface area contributed by atoms with Gasteiger partial charge in [-0.15, -0.1) is 0 Å². The summed E-state index contributed by atoms with van der Waals surface area (Å²) in [6, 6.07) is 5.72. The lowest BCUT2D eigenvalue weighted by molar-refractivity contribution is -0.137. The van der Waals surface area contributed by atoms with Gasteiger partial charge in [-0.2, -0.15) is 13.2 Å².